The highest BCUT2D eigenvalue weighted by Gasteiger charge is 2.43. The molecule has 0 radical (unpaired) electrons. The Morgan fingerprint density at radius 1 is 1.03 bits per heavy atom. The molecule has 0 aliphatic carbocycles. The van der Waals surface area contributed by atoms with Gasteiger partial charge in [-0.3, -0.25) is 9.29 Å². The van der Waals surface area contributed by atoms with E-state index in [0.29, 0.717) is 29.0 Å². The maximum absolute atomic E-state index is 13.6. The Morgan fingerprint density at radius 3 is 2.55 bits per heavy atom. The Labute approximate surface area is 180 Å². The first kappa shape index (κ1) is 19.5. The topological polar surface area (TPSA) is 76.6 Å². The third-order valence-electron chi connectivity index (χ3n) is 5.73. The molecule has 0 spiro atoms. The normalized spacial score (nSPS) is 18.3. The zero-order valence-electron chi connectivity index (χ0n) is 16.9. The van der Waals surface area contributed by atoms with Gasteiger partial charge >= 0.3 is 5.97 Å². The molecule has 3 aromatic rings. The lowest BCUT2D eigenvalue weighted by Gasteiger charge is -2.38. The molecule has 7 heteroatoms. The predicted octanol–water partition coefficient (Wildman–Crippen LogP) is 3.90. The molecule has 0 fully saturated rings. The fourth-order valence-corrected chi connectivity index (χ4v) is 5.77. The number of aromatic nitrogens is 1. The fraction of sp³-hybridized carbons (Fsp3) is 0.167. The molecule has 3 heterocycles. The van der Waals surface area contributed by atoms with Crippen LogP contribution in [-0.4, -0.2) is 30.2 Å². The van der Waals surface area contributed by atoms with Crippen LogP contribution >= 0.6 is 0 Å². The molecule has 31 heavy (non-hydrogen) atoms. The summed E-state index contributed by atoms with van der Waals surface area (Å²) < 4.78 is 34.2. The van der Waals surface area contributed by atoms with Gasteiger partial charge in [-0.15, -0.1) is 0 Å². The van der Waals surface area contributed by atoms with Gasteiger partial charge in [0.25, 0.3) is 10.0 Å². The summed E-state index contributed by atoms with van der Waals surface area (Å²) in [5.41, 5.74) is 3.12. The van der Waals surface area contributed by atoms with Gasteiger partial charge in [0, 0.05) is 36.0 Å². The van der Waals surface area contributed by atoms with Crippen LogP contribution in [0.5, 0.6) is 5.75 Å². The third kappa shape index (κ3) is 3.21. The van der Waals surface area contributed by atoms with Crippen LogP contribution in [0, 0.1) is 6.92 Å². The zero-order chi connectivity index (χ0) is 21.6. The van der Waals surface area contributed by atoms with Gasteiger partial charge in [-0.25, -0.2) is 13.2 Å². The maximum Gasteiger partial charge on any atom is 0.342 e. The Morgan fingerprint density at radius 2 is 1.81 bits per heavy atom. The predicted molar refractivity (Wildman–Crippen MR) is 116 cm³/mol. The molecular weight excluding hydrogens is 412 g/mol. The average Bonchev–Trinajstić information content (AvgIpc) is 2.79. The minimum Gasteiger partial charge on any atom is -0.423 e. The van der Waals surface area contributed by atoms with Gasteiger partial charge in [0.15, 0.2) is 0 Å². The molecule has 2 aliphatic heterocycles. The number of esters is 1. The van der Waals surface area contributed by atoms with Gasteiger partial charge in [0.1, 0.15) is 5.75 Å². The largest absolute Gasteiger partial charge is 0.423 e. The average molecular weight is 433 g/mol. The monoisotopic (exact) mass is 432 g/mol. The summed E-state index contributed by atoms with van der Waals surface area (Å²) in [6, 6.07) is 17.6. The second-order valence-electron chi connectivity index (χ2n) is 7.66. The number of para-hydroxylation sites is 1. The van der Waals surface area contributed by atoms with Crippen LogP contribution in [0.4, 0.5) is 0 Å². The number of fused-ring (bicyclic) bond motifs is 3. The molecule has 156 valence electrons. The number of sulfonamides is 1. The third-order valence-corrected chi connectivity index (χ3v) is 7.55. The van der Waals surface area contributed by atoms with E-state index in [1.165, 1.54) is 4.31 Å². The fourth-order valence-electron chi connectivity index (χ4n) is 4.25. The van der Waals surface area contributed by atoms with Gasteiger partial charge in [-0.1, -0.05) is 35.9 Å². The number of pyridine rings is 1. The quantitative estimate of drug-likeness (QED) is 0.463. The van der Waals surface area contributed by atoms with E-state index in [1.807, 2.05) is 25.1 Å². The summed E-state index contributed by atoms with van der Waals surface area (Å²) in [4.78, 5) is 17.5. The number of aryl methyl sites for hydroxylation is 1. The summed E-state index contributed by atoms with van der Waals surface area (Å²) in [6.07, 6.45) is 3.68. The second-order valence-corrected chi connectivity index (χ2v) is 9.53. The highest BCUT2D eigenvalue weighted by molar-refractivity contribution is 7.89. The van der Waals surface area contributed by atoms with Gasteiger partial charge in [-0.05, 0) is 43.7 Å². The molecule has 5 rings (SSSR count). The number of carbonyl (C=O) groups is 1. The van der Waals surface area contributed by atoms with Crippen molar-refractivity contribution in [3.05, 3.63) is 95.3 Å². The van der Waals surface area contributed by atoms with Crippen molar-refractivity contribution in [2.45, 2.75) is 24.2 Å². The smallest absolute Gasteiger partial charge is 0.342 e. The first-order valence-corrected chi connectivity index (χ1v) is 11.5. The van der Waals surface area contributed by atoms with Crippen molar-refractivity contribution < 1.29 is 17.9 Å². The van der Waals surface area contributed by atoms with Crippen LogP contribution < -0.4 is 4.74 Å². The number of nitrogens with zero attached hydrogens (tertiary/aromatic N) is 2. The molecule has 0 unspecified atom stereocenters. The summed E-state index contributed by atoms with van der Waals surface area (Å²) in [7, 11) is -3.89. The van der Waals surface area contributed by atoms with Crippen molar-refractivity contribution in [2.24, 2.45) is 0 Å². The van der Waals surface area contributed by atoms with Crippen molar-refractivity contribution in [3.63, 3.8) is 0 Å². The number of rotatable bonds is 3. The van der Waals surface area contributed by atoms with Gasteiger partial charge in [0.2, 0.25) is 0 Å². The lowest BCUT2D eigenvalue weighted by atomic mass is 9.81. The van der Waals surface area contributed by atoms with E-state index in [1.54, 1.807) is 54.9 Å². The molecule has 0 bridgehead atoms. The Balaban J connectivity index is 1.74. The van der Waals surface area contributed by atoms with Crippen molar-refractivity contribution in [1.29, 1.82) is 0 Å². The van der Waals surface area contributed by atoms with E-state index < -0.39 is 16.0 Å². The van der Waals surface area contributed by atoms with E-state index in [-0.39, 0.29) is 17.4 Å². The van der Waals surface area contributed by atoms with Gasteiger partial charge in [-0.2, -0.15) is 0 Å². The van der Waals surface area contributed by atoms with Crippen LogP contribution in [-0.2, 0) is 14.8 Å². The van der Waals surface area contributed by atoms with Crippen molar-refractivity contribution >= 4 is 21.7 Å². The summed E-state index contributed by atoms with van der Waals surface area (Å²) in [6.45, 7) is 2.15. The highest BCUT2D eigenvalue weighted by atomic mass is 32.2. The summed E-state index contributed by atoms with van der Waals surface area (Å²) >= 11 is 0. The molecule has 0 saturated carbocycles. The molecule has 6 nitrogen and oxygen atoms in total. The second kappa shape index (κ2) is 7.35. The van der Waals surface area contributed by atoms with Crippen LogP contribution in [0.15, 0.2) is 83.5 Å². The molecular formula is C24H20N2O4S. The molecule has 2 aliphatic rings. The molecule has 0 saturated heterocycles. The molecule has 0 N–H and O–H groups in total. The van der Waals surface area contributed by atoms with E-state index in [9.17, 15) is 13.2 Å². The van der Waals surface area contributed by atoms with Crippen molar-refractivity contribution in [3.8, 4) is 5.75 Å². The number of carbonyl (C=O) groups excluding carboxylic acids is 1. The van der Waals surface area contributed by atoms with Gasteiger partial charge < -0.3 is 4.74 Å². The lowest BCUT2D eigenvalue weighted by Crippen LogP contribution is -2.40. The Kier molecular flexibility index (Phi) is 4.63. The standard InChI is InChI=1S/C24H20N2O4S/c1-16-8-10-18(11-9-16)31(28,29)26-14-12-20-19-6-2-3-7-21(19)30-24(27)22(20)23(26)17-5-4-13-25-15-17/h2-11,13,15,20H,12,14H2,1H3/t20-/m0/s1. The van der Waals surface area contributed by atoms with Crippen molar-refractivity contribution in [1.82, 2.24) is 9.29 Å². The van der Waals surface area contributed by atoms with Crippen LogP contribution in [0.3, 0.4) is 0 Å². The lowest BCUT2D eigenvalue weighted by molar-refractivity contribution is -0.131. The van der Waals surface area contributed by atoms with Crippen LogP contribution in [0.25, 0.3) is 5.70 Å². The molecule has 2 aromatic carbocycles. The molecule has 1 aromatic heterocycles. The van der Waals surface area contributed by atoms with E-state index in [2.05, 4.69) is 4.98 Å². The summed E-state index contributed by atoms with van der Waals surface area (Å²) in [5, 5.41) is 0. The first-order valence-electron chi connectivity index (χ1n) is 10.0. The van der Waals surface area contributed by atoms with Crippen molar-refractivity contribution in [2.75, 3.05) is 6.54 Å². The zero-order valence-corrected chi connectivity index (χ0v) is 17.7. The van der Waals surface area contributed by atoms with E-state index in [4.69, 9.17) is 4.74 Å². The van der Waals surface area contributed by atoms with Crippen LogP contribution in [0.2, 0.25) is 0 Å². The minimum atomic E-state index is -3.89. The molecule has 0 amide bonds. The van der Waals surface area contributed by atoms with E-state index in [0.717, 1.165) is 11.1 Å². The minimum absolute atomic E-state index is 0.183. The number of benzene rings is 2. The number of hydrogen-bond acceptors (Lipinski definition) is 5. The number of ether oxygens (including phenoxy) is 1. The van der Waals surface area contributed by atoms with Crippen LogP contribution in [0.1, 0.15) is 29.0 Å². The highest BCUT2D eigenvalue weighted by Crippen LogP contribution is 2.47. The van der Waals surface area contributed by atoms with Gasteiger partial charge in [0.05, 0.1) is 16.2 Å². The maximum atomic E-state index is 13.6. The molecule has 1 atom stereocenters. The first-order chi connectivity index (χ1) is 15.0. The SMILES string of the molecule is Cc1ccc(S(=O)(=O)N2CC[C@@H]3C(=C2c2cccnc2)C(=O)Oc2ccccc23)cc1. The van der Waals surface area contributed by atoms with E-state index >= 15 is 0 Å². The Hall–Kier alpha value is -3.45. The number of hydrogen-bond donors (Lipinski definition) is 0. The Bertz CT molecular complexity index is 1300. The summed E-state index contributed by atoms with van der Waals surface area (Å²) in [5.74, 6) is -0.231.